The minimum absolute atomic E-state index is 0.0491. The third kappa shape index (κ3) is 5.04. The molecule has 0 saturated heterocycles. The molecule has 1 heterocycles. The molecular weight excluding hydrogens is 264 g/mol. The highest BCUT2D eigenvalue weighted by atomic mass is 16.1. The molecule has 112 valence electrons. The Morgan fingerprint density at radius 2 is 2.24 bits per heavy atom. The molecule has 1 atom stereocenters. The predicted octanol–water partition coefficient (Wildman–Crippen LogP) is 2.58. The molecule has 1 amide bonds. The fourth-order valence-corrected chi connectivity index (χ4v) is 2.20. The van der Waals surface area contributed by atoms with E-state index in [-0.39, 0.29) is 11.9 Å². The molecule has 1 aromatic carbocycles. The molecule has 2 N–H and O–H groups in total. The van der Waals surface area contributed by atoms with E-state index in [0.29, 0.717) is 0 Å². The van der Waals surface area contributed by atoms with E-state index in [1.165, 1.54) is 12.5 Å². The summed E-state index contributed by atoms with van der Waals surface area (Å²) < 4.78 is 1.93. The van der Waals surface area contributed by atoms with Crippen LogP contribution in [0, 0.1) is 0 Å². The molecule has 1 unspecified atom stereocenters. The fourth-order valence-electron chi connectivity index (χ4n) is 2.20. The average molecular weight is 286 g/mol. The number of benzene rings is 1. The zero-order valence-electron chi connectivity index (χ0n) is 12.5. The van der Waals surface area contributed by atoms with Gasteiger partial charge in [-0.3, -0.25) is 9.48 Å². The van der Waals surface area contributed by atoms with Crippen LogP contribution in [-0.2, 0) is 11.3 Å². The molecule has 0 bridgehead atoms. The van der Waals surface area contributed by atoms with Gasteiger partial charge < -0.3 is 10.6 Å². The van der Waals surface area contributed by atoms with Crippen LogP contribution in [0.15, 0.2) is 42.7 Å². The van der Waals surface area contributed by atoms with Crippen molar-refractivity contribution in [2.45, 2.75) is 32.9 Å². The standard InChI is InChI=1S/C16H22N4O/c1-13(17-8-4-10-20-11-5-9-18-20)15-6-3-7-16(12-15)19-14(2)21/h3,5-7,9,11-13,17H,4,8,10H2,1-2H3,(H,19,21). The molecule has 0 radical (unpaired) electrons. The van der Waals surface area contributed by atoms with Crippen molar-refractivity contribution in [2.75, 3.05) is 11.9 Å². The number of carbonyl (C=O) groups is 1. The van der Waals surface area contributed by atoms with Gasteiger partial charge in [0.15, 0.2) is 0 Å². The van der Waals surface area contributed by atoms with Crippen LogP contribution in [0.2, 0.25) is 0 Å². The number of nitrogens with one attached hydrogen (secondary N) is 2. The number of hydrogen-bond donors (Lipinski definition) is 2. The summed E-state index contributed by atoms with van der Waals surface area (Å²) in [5.74, 6) is -0.0491. The largest absolute Gasteiger partial charge is 0.326 e. The van der Waals surface area contributed by atoms with Crippen LogP contribution in [0.3, 0.4) is 0 Å². The van der Waals surface area contributed by atoms with Gasteiger partial charge in [0.05, 0.1) is 0 Å². The minimum Gasteiger partial charge on any atom is -0.326 e. The smallest absolute Gasteiger partial charge is 0.221 e. The summed E-state index contributed by atoms with van der Waals surface area (Å²) in [5.41, 5.74) is 2.01. The van der Waals surface area contributed by atoms with Crippen LogP contribution in [-0.4, -0.2) is 22.2 Å². The molecule has 0 aliphatic rings. The van der Waals surface area contributed by atoms with E-state index in [2.05, 4.69) is 28.7 Å². The molecule has 5 heteroatoms. The molecule has 0 spiro atoms. The first-order chi connectivity index (χ1) is 10.1. The first-order valence-corrected chi connectivity index (χ1v) is 7.23. The zero-order chi connectivity index (χ0) is 15.1. The number of amides is 1. The Labute approximate surface area is 125 Å². The normalized spacial score (nSPS) is 12.1. The highest BCUT2D eigenvalue weighted by Gasteiger charge is 2.05. The van der Waals surface area contributed by atoms with Crippen molar-refractivity contribution in [1.82, 2.24) is 15.1 Å². The topological polar surface area (TPSA) is 59.0 Å². The van der Waals surface area contributed by atoms with E-state index in [1.807, 2.05) is 35.1 Å². The van der Waals surface area contributed by atoms with E-state index in [1.54, 1.807) is 6.20 Å². The van der Waals surface area contributed by atoms with Crippen molar-refractivity contribution in [3.8, 4) is 0 Å². The summed E-state index contributed by atoms with van der Waals surface area (Å²) in [6.07, 6.45) is 4.79. The Hall–Kier alpha value is -2.14. The predicted molar refractivity (Wildman–Crippen MR) is 84.0 cm³/mol. The quantitative estimate of drug-likeness (QED) is 0.769. The number of nitrogens with zero attached hydrogens (tertiary/aromatic N) is 2. The van der Waals surface area contributed by atoms with Gasteiger partial charge in [-0.05, 0) is 43.7 Å². The molecular formula is C16H22N4O. The Morgan fingerprint density at radius 1 is 1.38 bits per heavy atom. The summed E-state index contributed by atoms with van der Waals surface area (Å²) in [6.45, 7) is 5.48. The van der Waals surface area contributed by atoms with Gasteiger partial charge in [-0.1, -0.05) is 12.1 Å². The average Bonchev–Trinajstić information content (AvgIpc) is 2.96. The number of carbonyl (C=O) groups excluding carboxylic acids is 1. The molecule has 1 aromatic heterocycles. The Balaban J connectivity index is 1.79. The van der Waals surface area contributed by atoms with Crippen LogP contribution in [0.5, 0.6) is 0 Å². The van der Waals surface area contributed by atoms with Crippen molar-refractivity contribution in [2.24, 2.45) is 0 Å². The number of anilines is 1. The van der Waals surface area contributed by atoms with Crippen LogP contribution >= 0.6 is 0 Å². The lowest BCUT2D eigenvalue weighted by atomic mass is 10.1. The van der Waals surface area contributed by atoms with Crippen LogP contribution in [0.1, 0.15) is 31.9 Å². The van der Waals surface area contributed by atoms with Crippen molar-refractivity contribution in [3.63, 3.8) is 0 Å². The van der Waals surface area contributed by atoms with Gasteiger partial charge >= 0.3 is 0 Å². The van der Waals surface area contributed by atoms with E-state index in [0.717, 1.165) is 25.2 Å². The maximum Gasteiger partial charge on any atom is 0.221 e. The van der Waals surface area contributed by atoms with Gasteiger partial charge in [0.25, 0.3) is 0 Å². The van der Waals surface area contributed by atoms with Gasteiger partial charge in [0.1, 0.15) is 0 Å². The monoisotopic (exact) mass is 286 g/mol. The zero-order valence-corrected chi connectivity index (χ0v) is 12.5. The molecule has 21 heavy (non-hydrogen) atoms. The Kier molecular flexibility index (Phi) is 5.51. The second kappa shape index (κ2) is 7.59. The van der Waals surface area contributed by atoms with Crippen LogP contribution in [0.25, 0.3) is 0 Å². The molecule has 2 aromatic rings. The first kappa shape index (κ1) is 15.3. The van der Waals surface area contributed by atoms with Crippen molar-refractivity contribution in [1.29, 1.82) is 0 Å². The highest BCUT2D eigenvalue weighted by Crippen LogP contribution is 2.17. The molecule has 0 fully saturated rings. The van der Waals surface area contributed by atoms with Gasteiger partial charge in [-0.15, -0.1) is 0 Å². The summed E-state index contributed by atoms with van der Waals surface area (Å²) >= 11 is 0. The van der Waals surface area contributed by atoms with Gasteiger partial charge in [-0.2, -0.15) is 5.10 Å². The number of hydrogen-bond acceptors (Lipinski definition) is 3. The summed E-state index contributed by atoms with van der Waals surface area (Å²) in [7, 11) is 0. The highest BCUT2D eigenvalue weighted by molar-refractivity contribution is 5.88. The molecule has 0 aliphatic carbocycles. The number of aromatic nitrogens is 2. The summed E-state index contributed by atoms with van der Waals surface area (Å²) in [4.78, 5) is 11.1. The second-order valence-corrected chi connectivity index (χ2v) is 5.11. The maximum absolute atomic E-state index is 11.1. The van der Waals surface area contributed by atoms with Crippen molar-refractivity contribution < 1.29 is 4.79 Å². The van der Waals surface area contributed by atoms with Crippen molar-refractivity contribution in [3.05, 3.63) is 48.3 Å². The summed E-state index contributed by atoms with van der Waals surface area (Å²) in [6, 6.07) is 10.1. The SMILES string of the molecule is CC(=O)Nc1cccc(C(C)NCCCn2cccn2)c1. The Bertz CT molecular complexity index is 565. The number of aryl methyl sites for hydroxylation is 1. The molecule has 0 saturated carbocycles. The van der Waals surface area contributed by atoms with E-state index >= 15 is 0 Å². The minimum atomic E-state index is -0.0491. The molecule has 5 nitrogen and oxygen atoms in total. The van der Waals surface area contributed by atoms with Gasteiger partial charge in [0, 0.05) is 37.6 Å². The van der Waals surface area contributed by atoms with Crippen molar-refractivity contribution >= 4 is 11.6 Å². The lowest BCUT2D eigenvalue weighted by molar-refractivity contribution is -0.114. The van der Waals surface area contributed by atoms with Crippen LogP contribution < -0.4 is 10.6 Å². The molecule has 0 aliphatic heterocycles. The van der Waals surface area contributed by atoms with Gasteiger partial charge in [-0.25, -0.2) is 0 Å². The molecule has 2 rings (SSSR count). The Morgan fingerprint density at radius 3 is 2.95 bits per heavy atom. The fraction of sp³-hybridized carbons (Fsp3) is 0.375. The lowest BCUT2D eigenvalue weighted by Gasteiger charge is -2.15. The third-order valence-electron chi connectivity index (χ3n) is 3.28. The van der Waals surface area contributed by atoms with Gasteiger partial charge in [0.2, 0.25) is 5.91 Å². The third-order valence-corrected chi connectivity index (χ3v) is 3.28. The second-order valence-electron chi connectivity index (χ2n) is 5.11. The lowest BCUT2D eigenvalue weighted by Crippen LogP contribution is -2.21. The first-order valence-electron chi connectivity index (χ1n) is 7.23. The van der Waals surface area contributed by atoms with Crippen LogP contribution in [0.4, 0.5) is 5.69 Å². The van der Waals surface area contributed by atoms with E-state index in [4.69, 9.17) is 0 Å². The van der Waals surface area contributed by atoms with E-state index < -0.39 is 0 Å². The maximum atomic E-state index is 11.1. The van der Waals surface area contributed by atoms with E-state index in [9.17, 15) is 4.79 Å². The number of rotatable bonds is 7. The summed E-state index contributed by atoms with van der Waals surface area (Å²) in [5, 5.41) is 10.5.